The average Bonchev–Trinajstić information content (AvgIpc) is 2.57. The quantitative estimate of drug-likeness (QED) is 0.736. The minimum absolute atomic E-state index is 0.437. The first-order chi connectivity index (χ1) is 7.88. The van der Waals surface area contributed by atoms with Crippen LogP contribution < -0.4 is 5.46 Å². The molecule has 0 unspecified atom stereocenters. The van der Waals surface area contributed by atoms with Crippen LogP contribution in [0.15, 0.2) is 30.3 Å². The van der Waals surface area contributed by atoms with Crippen molar-refractivity contribution in [2.24, 2.45) is 0 Å². The van der Waals surface area contributed by atoms with Crippen molar-refractivity contribution in [1.82, 2.24) is 9.78 Å². The van der Waals surface area contributed by atoms with Crippen molar-refractivity contribution in [3.63, 3.8) is 0 Å². The van der Waals surface area contributed by atoms with Crippen LogP contribution in [0.4, 0.5) is 12.9 Å². The van der Waals surface area contributed by atoms with Crippen molar-refractivity contribution < 1.29 is 12.9 Å². The molecule has 1 aromatic carbocycles. The van der Waals surface area contributed by atoms with Crippen molar-refractivity contribution in [3.05, 3.63) is 41.7 Å². The van der Waals surface area contributed by atoms with Crippen molar-refractivity contribution >= 4 is 12.4 Å². The molecule has 0 bridgehead atoms. The summed E-state index contributed by atoms with van der Waals surface area (Å²) in [6, 6.07) is 7.04. The van der Waals surface area contributed by atoms with Gasteiger partial charge in [-0.05, 0) is 26.0 Å². The lowest BCUT2D eigenvalue weighted by atomic mass is 9.80. The molecule has 0 spiro atoms. The Balaban J connectivity index is 2.50. The van der Waals surface area contributed by atoms with Gasteiger partial charge < -0.3 is 12.9 Å². The Morgan fingerprint density at radius 3 is 2.35 bits per heavy atom. The molecule has 0 saturated heterocycles. The molecule has 1 aromatic heterocycles. The van der Waals surface area contributed by atoms with Crippen molar-refractivity contribution in [3.8, 4) is 5.69 Å². The van der Waals surface area contributed by atoms with E-state index < -0.39 is 12.4 Å². The lowest BCUT2D eigenvalue weighted by molar-refractivity contribution is 0.501. The minimum atomic E-state index is -4.97. The van der Waals surface area contributed by atoms with E-state index in [9.17, 15) is 12.9 Å². The maximum absolute atomic E-state index is 12.6. The average molecular weight is 239 g/mol. The molecule has 2 aromatic rings. The van der Waals surface area contributed by atoms with Gasteiger partial charge in [-0.25, -0.2) is 4.68 Å². The zero-order chi connectivity index (χ0) is 12.6. The monoisotopic (exact) mass is 239 g/mol. The standard InChI is InChI=1S/C11H11BF3N2/c1-8-6-9(2)17(16-8)11-5-3-4-10(7-11)12(13,14)15/h3-7H,1-2H3/q-1. The molecule has 90 valence electrons. The Labute approximate surface area is 97.1 Å². The Kier molecular flexibility index (Phi) is 2.73. The highest BCUT2D eigenvalue weighted by molar-refractivity contribution is 6.73. The summed E-state index contributed by atoms with van der Waals surface area (Å²) >= 11 is 0. The first-order valence-electron chi connectivity index (χ1n) is 5.21. The zero-order valence-corrected chi connectivity index (χ0v) is 9.49. The van der Waals surface area contributed by atoms with Gasteiger partial charge in [-0.1, -0.05) is 18.2 Å². The summed E-state index contributed by atoms with van der Waals surface area (Å²) in [5.74, 6) is 0. The highest BCUT2D eigenvalue weighted by Crippen LogP contribution is 2.14. The normalized spacial score (nSPS) is 11.8. The zero-order valence-electron chi connectivity index (χ0n) is 9.49. The molecule has 0 radical (unpaired) electrons. The lowest BCUT2D eigenvalue weighted by Gasteiger charge is -2.16. The molecular formula is C11H11BF3N2-. The van der Waals surface area contributed by atoms with Gasteiger partial charge in [0.2, 0.25) is 0 Å². The van der Waals surface area contributed by atoms with Crippen LogP contribution in [0.5, 0.6) is 0 Å². The number of aryl methyl sites for hydroxylation is 2. The lowest BCUT2D eigenvalue weighted by Crippen LogP contribution is -2.34. The summed E-state index contributed by atoms with van der Waals surface area (Å²) in [6.07, 6.45) is 0. The number of nitrogens with zero attached hydrogens (tertiary/aromatic N) is 2. The molecule has 0 atom stereocenters. The molecule has 2 rings (SSSR count). The molecule has 0 aliphatic heterocycles. The molecule has 0 aliphatic carbocycles. The Morgan fingerprint density at radius 2 is 1.82 bits per heavy atom. The minimum Gasteiger partial charge on any atom is -0.445 e. The van der Waals surface area contributed by atoms with Gasteiger partial charge in [-0.2, -0.15) is 5.10 Å². The summed E-state index contributed by atoms with van der Waals surface area (Å²) in [5, 5.41) is 4.16. The van der Waals surface area contributed by atoms with Crippen LogP contribution in [0.2, 0.25) is 0 Å². The molecule has 0 N–H and O–H groups in total. The van der Waals surface area contributed by atoms with Gasteiger partial charge in [0.05, 0.1) is 11.4 Å². The van der Waals surface area contributed by atoms with Crippen LogP contribution in [0.1, 0.15) is 11.4 Å². The highest BCUT2D eigenvalue weighted by Gasteiger charge is 2.25. The number of hydrogen-bond acceptors (Lipinski definition) is 1. The predicted octanol–water partition coefficient (Wildman–Crippen LogP) is 2.54. The third kappa shape index (κ3) is 2.35. The topological polar surface area (TPSA) is 17.8 Å². The number of rotatable bonds is 2. The number of benzene rings is 1. The third-order valence-corrected chi connectivity index (χ3v) is 2.50. The van der Waals surface area contributed by atoms with Gasteiger partial charge in [-0.3, -0.25) is 0 Å². The smallest absolute Gasteiger partial charge is 0.445 e. The van der Waals surface area contributed by atoms with E-state index in [-0.39, 0.29) is 0 Å². The van der Waals surface area contributed by atoms with Gasteiger partial charge in [0.25, 0.3) is 0 Å². The fourth-order valence-corrected chi connectivity index (χ4v) is 1.75. The Morgan fingerprint density at radius 1 is 1.12 bits per heavy atom. The van der Waals surface area contributed by atoms with Crippen LogP contribution >= 0.6 is 0 Å². The van der Waals surface area contributed by atoms with E-state index in [0.717, 1.165) is 23.5 Å². The van der Waals surface area contributed by atoms with Crippen LogP contribution in [0.25, 0.3) is 5.69 Å². The van der Waals surface area contributed by atoms with Gasteiger partial charge >= 0.3 is 6.98 Å². The molecule has 1 heterocycles. The third-order valence-electron chi connectivity index (χ3n) is 2.50. The Bertz CT molecular complexity index is 546. The summed E-state index contributed by atoms with van der Waals surface area (Å²) in [7, 11) is 0. The van der Waals surface area contributed by atoms with Gasteiger partial charge in [0, 0.05) is 5.69 Å². The second-order valence-corrected chi connectivity index (χ2v) is 4.01. The van der Waals surface area contributed by atoms with E-state index in [1.54, 1.807) is 13.0 Å². The van der Waals surface area contributed by atoms with Crippen LogP contribution in [-0.4, -0.2) is 16.8 Å². The van der Waals surface area contributed by atoms with Crippen LogP contribution in [0.3, 0.4) is 0 Å². The first-order valence-corrected chi connectivity index (χ1v) is 5.21. The van der Waals surface area contributed by atoms with Gasteiger partial charge in [-0.15, -0.1) is 5.46 Å². The fraction of sp³-hybridized carbons (Fsp3) is 0.182. The largest absolute Gasteiger partial charge is 0.509 e. The number of hydrogen-bond donors (Lipinski definition) is 0. The maximum Gasteiger partial charge on any atom is 0.509 e. The van der Waals surface area contributed by atoms with Crippen molar-refractivity contribution in [2.75, 3.05) is 0 Å². The Hall–Kier alpha value is -1.72. The highest BCUT2D eigenvalue weighted by atomic mass is 19.4. The van der Waals surface area contributed by atoms with Gasteiger partial charge in [0.15, 0.2) is 0 Å². The van der Waals surface area contributed by atoms with E-state index in [0.29, 0.717) is 5.69 Å². The van der Waals surface area contributed by atoms with E-state index in [1.165, 1.54) is 10.7 Å². The second-order valence-electron chi connectivity index (χ2n) is 4.01. The fourth-order valence-electron chi connectivity index (χ4n) is 1.75. The van der Waals surface area contributed by atoms with E-state index in [2.05, 4.69) is 5.10 Å². The summed E-state index contributed by atoms with van der Waals surface area (Å²) in [6.45, 7) is -1.35. The molecule has 0 aliphatic rings. The van der Waals surface area contributed by atoms with E-state index in [4.69, 9.17) is 0 Å². The molecule has 0 fully saturated rings. The van der Waals surface area contributed by atoms with Gasteiger partial charge in [0.1, 0.15) is 0 Å². The van der Waals surface area contributed by atoms with Crippen LogP contribution in [0, 0.1) is 13.8 Å². The molecule has 0 amide bonds. The summed E-state index contributed by atoms with van der Waals surface area (Å²) < 4.78 is 39.4. The predicted molar refractivity (Wildman–Crippen MR) is 61.8 cm³/mol. The number of aromatic nitrogens is 2. The molecular weight excluding hydrogens is 228 g/mol. The molecule has 0 saturated carbocycles. The second kappa shape index (κ2) is 3.94. The van der Waals surface area contributed by atoms with Crippen LogP contribution in [-0.2, 0) is 0 Å². The molecule has 2 nitrogen and oxygen atoms in total. The first kappa shape index (κ1) is 11.8. The van der Waals surface area contributed by atoms with Crippen molar-refractivity contribution in [1.29, 1.82) is 0 Å². The molecule has 17 heavy (non-hydrogen) atoms. The van der Waals surface area contributed by atoms with E-state index in [1.807, 2.05) is 13.0 Å². The summed E-state index contributed by atoms with van der Waals surface area (Å²) in [5.41, 5.74) is 1.43. The summed E-state index contributed by atoms with van der Waals surface area (Å²) in [4.78, 5) is 0. The number of halogens is 3. The van der Waals surface area contributed by atoms with Crippen molar-refractivity contribution in [2.45, 2.75) is 13.8 Å². The molecule has 6 heteroatoms. The SMILES string of the molecule is Cc1cc(C)n(-c2cccc([B-](F)(F)F)c2)n1. The van der Waals surface area contributed by atoms with E-state index >= 15 is 0 Å². The maximum atomic E-state index is 12.6.